The van der Waals surface area contributed by atoms with Crippen molar-refractivity contribution in [3.63, 3.8) is 0 Å². The molecular formula is C19H18N6O7. The van der Waals surface area contributed by atoms with E-state index < -0.39 is 29.4 Å². The van der Waals surface area contributed by atoms with Crippen LogP contribution in [0.2, 0.25) is 0 Å². The van der Waals surface area contributed by atoms with E-state index in [-0.39, 0.29) is 36.1 Å². The van der Waals surface area contributed by atoms with Crippen LogP contribution in [0.25, 0.3) is 11.2 Å². The van der Waals surface area contributed by atoms with Crippen LogP contribution < -0.4 is 16.2 Å². The van der Waals surface area contributed by atoms with Crippen molar-refractivity contribution in [2.45, 2.75) is 25.4 Å². The fraction of sp³-hybridized carbons (Fsp3) is 0.211. The summed E-state index contributed by atoms with van der Waals surface area (Å²) in [4.78, 5) is 64.5. The van der Waals surface area contributed by atoms with Crippen molar-refractivity contribution >= 4 is 34.7 Å². The molecule has 13 heteroatoms. The number of nitrogens with zero attached hydrogens (tertiary/aromatic N) is 3. The van der Waals surface area contributed by atoms with Gasteiger partial charge in [-0.2, -0.15) is 5.26 Å². The molecule has 166 valence electrons. The first-order valence-corrected chi connectivity index (χ1v) is 9.28. The van der Waals surface area contributed by atoms with E-state index in [0.29, 0.717) is 11.4 Å². The zero-order valence-electron chi connectivity index (χ0n) is 16.4. The summed E-state index contributed by atoms with van der Waals surface area (Å²) in [6.07, 6.45) is 2.11. The maximum atomic E-state index is 12.3. The normalized spacial score (nSPS) is 11.5. The quantitative estimate of drug-likeness (QED) is 0.226. The molecule has 3 aromatic rings. The van der Waals surface area contributed by atoms with Crippen molar-refractivity contribution in [2.24, 2.45) is 0 Å². The van der Waals surface area contributed by atoms with Gasteiger partial charge in [0.15, 0.2) is 11.2 Å². The van der Waals surface area contributed by atoms with Gasteiger partial charge in [0.05, 0.1) is 31.2 Å². The lowest BCUT2D eigenvalue weighted by atomic mass is 10.1. The van der Waals surface area contributed by atoms with Gasteiger partial charge in [0, 0.05) is 11.3 Å². The van der Waals surface area contributed by atoms with Gasteiger partial charge in [-0.15, -0.1) is 0 Å². The SMILES string of the molecule is O=C(CC[C@H](NC(=O)c1ccc(NCc2cnc3nc[nH]c(=O)c3n2)cc1)C(=O)O)OO. The molecule has 0 bridgehead atoms. The minimum atomic E-state index is -1.33. The maximum Gasteiger partial charge on any atom is 0.342 e. The van der Waals surface area contributed by atoms with Crippen molar-refractivity contribution in [1.82, 2.24) is 25.3 Å². The number of aliphatic carboxylic acids is 1. The third-order valence-corrected chi connectivity index (χ3v) is 4.36. The highest BCUT2D eigenvalue weighted by molar-refractivity contribution is 5.96. The number of anilines is 1. The van der Waals surface area contributed by atoms with Crippen molar-refractivity contribution < 1.29 is 29.6 Å². The number of hydrogen-bond donors (Lipinski definition) is 5. The Morgan fingerprint density at radius 1 is 1.16 bits per heavy atom. The van der Waals surface area contributed by atoms with Crippen LogP contribution in [0, 0.1) is 0 Å². The predicted molar refractivity (Wildman–Crippen MR) is 109 cm³/mol. The number of aromatic amines is 1. The number of carboxylic acids is 1. The Morgan fingerprint density at radius 3 is 2.59 bits per heavy atom. The molecule has 0 saturated carbocycles. The van der Waals surface area contributed by atoms with Crippen molar-refractivity contribution in [3.05, 3.63) is 58.4 Å². The Labute approximate surface area is 179 Å². The molecule has 0 aliphatic heterocycles. The highest BCUT2D eigenvalue weighted by atomic mass is 17.1. The lowest BCUT2D eigenvalue weighted by Crippen LogP contribution is -2.41. The highest BCUT2D eigenvalue weighted by Gasteiger charge is 2.22. The molecule has 2 heterocycles. The summed E-state index contributed by atoms with van der Waals surface area (Å²) in [5.74, 6) is -2.97. The smallest absolute Gasteiger partial charge is 0.342 e. The first-order chi connectivity index (χ1) is 15.4. The van der Waals surface area contributed by atoms with Gasteiger partial charge in [0.2, 0.25) is 0 Å². The fourth-order valence-electron chi connectivity index (χ4n) is 2.71. The molecule has 1 aromatic carbocycles. The molecule has 3 rings (SSSR count). The summed E-state index contributed by atoms with van der Waals surface area (Å²) in [5.41, 5.74) is 1.31. The first-order valence-electron chi connectivity index (χ1n) is 9.28. The summed E-state index contributed by atoms with van der Waals surface area (Å²) in [6, 6.07) is 4.86. The number of benzene rings is 1. The van der Waals surface area contributed by atoms with Gasteiger partial charge in [0.1, 0.15) is 6.04 Å². The molecule has 0 saturated heterocycles. The second-order valence-electron chi connectivity index (χ2n) is 6.56. The second-order valence-corrected chi connectivity index (χ2v) is 6.56. The average molecular weight is 442 g/mol. The van der Waals surface area contributed by atoms with E-state index in [9.17, 15) is 24.3 Å². The zero-order valence-corrected chi connectivity index (χ0v) is 16.4. The number of hydrogen-bond acceptors (Lipinski definition) is 10. The second kappa shape index (κ2) is 10.1. The van der Waals surface area contributed by atoms with Gasteiger partial charge in [-0.3, -0.25) is 9.59 Å². The summed E-state index contributed by atoms with van der Waals surface area (Å²) < 4.78 is 0. The Bertz CT molecular complexity index is 1190. The number of carbonyl (C=O) groups is 3. The molecule has 0 radical (unpaired) electrons. The highest BCUT2D eigenvalue weighted by Crippen LogP contribution is 2.12. The lowest BCUT2D eigenvalue weighted by Gasteiger charge is -2.14. The third-order valence-electron chi connectivity index (χ3n) is 4.36. The van der Waals surface area contributed by atoms with Crippen LogP contribution in [-0.2, 0) is 21.0 Å². The first kappa shape index (κ1) is 22.3. The molecule has 2 aromatic heterocycles. The predicted octanol–water partition coefficient (Wildman–Crippen LogP) is 0.305. The largest absolute Gasteiger partial charge is 0.480 e. The minimum Gasteiger partial charge on any atom is -0.480 e. The van der Waals surface area contributed by atoms with E-state index >= 15 is 0 Å². The summed E-state index contributed by atoms with van der Waals surface area (Å²) >= 11 is 0. The monoisotopic (exact) mass is 442 g/mol. The van der Waals surface area contributed by atoms with E-state index in [1.54, 1.807) is 12.1 Å². The molecule has 0 fully saturated rings. The number of carboxylic acid groups (broad SMARTS) is 1. The van der Waals surface area contributed by atoms with Gasteiger partial charge in [-0.25, -0.2) is 24.5 Å². The number of nitrogens with one attached hydrogen (secondary N) is 3. The molecular weight excluding hydrogens is 424 g/mol. The van der Waals surface area contributed by atoms with Gasteiger partial charge in [-0.05, 0) is 30.7 Å². The van der Waals surface area contributed by atoms with Crippen molar-refractivity contribution in [2.75, 3.05) is 5.32 Å². The van der Waals surface area contributed by atoms with Gasteiger partial charge in [0.25, 0.3) is 11.5 Å². The lowest BCUT2D eigenvalue weighted by molar-refractivity contribution is -0.234. The van der Waals surface area contributed by atoms with Crippen molar-refractivity contribution in [3.8, 4) is 0 Å². The molecule has 0 aliphatic rings. The minimum absolute atomic E-state index is 0.124. The molecule has 5 N–H and O–H groups in total. The number of aromatic nitrogens is 4. The molecule has 32 heavy (non-hydrogen) atoms. The van der Waals surface area contributed by atoms with Crippen LogP contribution in [0.1, 0.15) is 28.9 Å². The van der Waals surface area contributed by atoms with Gasteiger partial charge >= 0.3 is 11.9 Å². The molecule has 0 spiro atoms. The van der Waals surface area contributed by atoms with Crippen LogP contribution in [-0.4, -0.2) is 54.2 Å². The Hall–Kier alpha value is -4.39. The van der Waals surface area contributed by atoms with Crippen LogP contribution in [0.15, 0.2) is 41.6 Å². The zero-order chi connectivity index (χ0) is 23.1. The molecule has 1 atom stereocenters. The Morgan fingerprint density at radius 2 is 1.91 bits per heavy atom. The average Bonchev–Trinajstić information content (AvgIpc) is 2.80. The maximum absolute atomic E-state index is 12.3. The topological polar surface area (TPSA) is 196 Å². The van der Waals surface area contributed by atoms with E-state index in [1.165, 1.54) is 24.7 Å². The van der Waals surface area contributed by atoms with E-state index in [2.05, 4.69) is 35.5 Å². The van der Waals surface area contributed by atoms with E-state index in [4.69, 9.17) is 5.26 Å². The molecule has 0 unspecified atom stereocenters. The van der Waals surface area contributed by atoms with E-state index in [1.807, 2.05) is 0 Å². The molecule has 0 aliphatic carbocycles. The standard InChI is InChI=1S/C19H18N6O7/c26-14(32-31)6-5-13(19(29)30)25-17(27)10-1-3-11(4-2-10)20-7-12-8-21-16-15(24-12)18(28)23-9-22-16/h1-4,8-9,13,20,31H,5-7H2,(H,25,27)(H,29,30)(H,21,22,23,28)/t13-/m0/s1. The number of amides is 1. The fourth-order valence-corrected chi connectivity index (χ4v) is 2.71. The van der Waals surface area contributed by atoms with E-state index in [0.717, 1.165) is 0 Å². The summed E-state index contributed by atoms with van der Waals surface area (Å²) in [6.45, 7) is 0.255. The summed E-state index contributed by atoms with van der Waals surface area (Å²) in [7, 11) is 0. The van der Waals surface area contributed by atoms with Crippen LogP contribution in [0.5, 0.6) is 0 Å². The number of carbonyl (C=O) groups excluding carboxylic acids is 2. The van der Waals surface area contributed by atoms with Crippen molar-refractivity contribution in [1.29, 1.82) is 0 Å². The third kappa shape index (κ3) is 5.60. The van der Waals surface area contributed by atoms with Gasteiger partial charge in [-0.1, -0.05) is 0 Å². The Kier molecular flexibility index (Phi) is 7.02. The molecule has 1 amide bonds. The number of H-pyrrole nitrogens is 1. The Balaban J connectivity index is 1.60. The van der Waals surface area contributed by atoms with Crippen LogP contribution in [0.3, 0.4) is 0 Å². The molecule has 13 nitrogen and oxygen atoms in total. The number of rotatable bonds is 9. The van der Waals surface area contributed by atoms with Crippen LogP contribution >= 0.6 is 0 Å². The summed E-state index contributed by atoms with van der Waals surface area (Å²) in [5, 5.41) is 22.8. The van der Waals surface area contributed by atoms with Crippen LogP contribution in [0.4, 0.5) is 5.69 Å². The van der Waals surface area contributed by atoms with Gasteiger partial charge < -0.3 is 25.6 Å². The number of fused-ring (bicyclic) bond motifs is 1.